The van der Waals surface area contributed by atoms with Crippen LogP contribution in [0.1, 0.15) is 37.0 Å². The summed E-state index contributed by atoms with van der Waals surface area (Å²) in [4.78, 5) is 0. The monoisotopic (exact) mass is 276 g/mol. The van der Waals surface area contributed by atoms with Gasteiger partial charge in [0.15, 0.2) is 0 Å². The molecule has 0 radical (unpaired) electrons. The van der Waals surface area contributed by atoms with Crippen LogP contribution in [0.3, 0.4) is 0 Å². The van der Waals surface area contributed by atoms with Crippen LogP contribution in [0.5, 0.6) is 5.75 Å². The second-order valence-electron chi connectivity index (χ2n) is 5.51. The van der Waals surface area contributed by atoms with Crippen LogP contribution in [0.2, 0.25) is 0 Å². The Hall–Kier alpha value is -1.57. The minimum atomic E-state index is -0.915. The Kier molecular flexibility index (Phi) is 6.00. The fraction of sp³-hybridized carbons (Fsp3) is 0.562. The third-order valence-corrected chi connectivity index (χ3v) is 3.05. The van der Waals surface area contributed by atoms with E-state index in [1.807, 2.05) is 13.8 Å². The first kappa shape index (κ1) is 16.5. The van der Waals surface area contributed by atoms with E-state index in [4.69, 9.17) is 10.00 Å². The zero-order valence-electron chi connectivity index (χ0n) is 12.8. The number of nitriles is 1. The molecule has 0 fully saturated rings. The van der Waals surface area contributed by atoms with Gasteiger partial charge in [0, 0.05) is 6.54 Å². The van der Waals surface area contributed by atoms with Gasteiger partial charge in [-0.3, -0.25) is 0 Å². The molecule has 0 spiro atoms. The smallest absolute Gasteiger partial charge is 0.125 e. The molecule has 20 heavy (non-hydrogen) atoms. The van der Waals surface area contributed by atoms with Gasteiger partial charge in [0.25, 0.3) is 0 Å². The second kappa shape index (κ2) is 7.28. The minimum Gasteiger partial charge on any atom is -0.490 e. The summed E-state index contributed by atoms with van der Waals surface area (Å²) in [5, 5.41) is 22.3. The molecule has 1 atom stereocenters. The van der Waals surface area contributed by atoms with Crippen LogP contribution >= 0.6 is 0 Å². The highest BCUT2D eigenvalue weighted by Gasteiger charge is 2.21. The fourth-order valence-corrected chi connectivity index (χ4v) is 2.06. The number of nitrogens with one attached hydrogen (secondary N) is 1. The maximum atomic E-state index is 10.2. The number of benzene rings is 1. The molecular weight excluding hydrogens is 252 g/mol. The lowest BCUT2D eigenvalue weighted by atomic mass is 10.1. The Labute approximate surface area is 121 Å². The highest BCUT2D eigenvalue weighted by atomic mass is 16.5. The van der Waals surface area contributed by atoms with Gasteiger partial charge in [0.1, 0.15) is 18.0 Å². The maximum absolute atomic E-state index is 10.2. The van der Waals surface area contributed by atoms with Gasteiger partial charge in [-0.1, -0.05) is 6.92 Å². The largest absolute Gasteiger partial charge is 0.490 e. The summed E-state index contributed by atoms with van der Waals surface area (Å²) in [6.07, 6.45) is 1.03. The van der Waals surface area contributed by atoms with E-state index in [0.29, 0.717) is 12.1 Å². The van der Waals surface area contributed by atoms with E-state index in [1.165, 1.54) is 0 Å². The first-order valence-electron chi connectivity index (χ1n) is 6.97. The van der Waals surface area contributed by atoms with Gasteiger partial charge < -0.3 is 15.2 Å². The summed E-state index contributed by atoms with van der Waals surface area (Å²) in [6, 6.07) is 5.72. The molecule has 0 saturated carbocycles. The Morgan fingerprint density at radius 3 is 2.45 bits per heavy atom. The zero-order valence-corrected chi connectivity index (χ0v) is 12.8. The molecule has 1 unspecified atom stereocenters. The van der Waals surface area contributed by atoms with Gasteiger partial charge in [0.05, 0.1) is 11.6 Å². The second-order valence-corrected chi connectivity index (χ2v) is 5.51. The van der Waals surface area contributed by atoms with Crippen LogP contribution in [0.15, 0.2) is 12.1 Å². The molecule has 1 rings (SSSR count). The first-order valence-corrected chi connectivity index (χ1v) is 6.97. The van der Waals surface area contributed by atoms with Gasteiger partial charge in [-0.2, -0.15) is 5.26 Å². The van der Waals surface area contributed by atoms with Gasteiger partial charge >= 0.3 is 0 Å². The number of nitrogens with zero attached hydrogens (tertiary/aromatic N) is 1. The lowest BCUT2D eigenvalue weighted by molar-refractivity contribution is 0.0121. The van der Waals surface area contributed by atoms with Gasteiger partial charge in [-0.05, 0) is 57.0 Å². The molecule has 0 aromatic heterocycles. The van der Waals surface area contributed by atoms with Crippen molar-refractivity contribution < 1.29 is 9.84 Å². The zero-order chi connectivity index (χ0) is 15.2. The number of ether oxygens (including phenoxy) is 1. The number of hydrogen-bond donors (Lipinski definition) is 2. The van der Waals surface area contributed by atoms with Crippen LogP contribution in [-0.4, -0.2) is 30.4 Å². The molecule has 0 aliphatic rings. The Morgan fingerprint density at radius 2 is 1.95 bits per heavy atom. The molecule has 0 aliphatic heterocycles. The average Bonchev–Trinajstić information content (AvgIpc) is 2.37. The van der Waals surface area contributed by atoms with Gasteiger partial charge in [0.2, 0.25) is 0 Å². The van der Waals surface area contributed by atoms with Gasteiger partial charge in [-0.25, -0.2) is 0 Å². The Bertz CT molecular complexity index is 467. The quantitative estimate of drug-likeness (QED) is 0.750. The third-order valence-electron chi connectivity index (χ3n) is 3.05. The Morgan fingerprint density at radius 1 is 1.35 bits per heavy atom. The summed E-state index contributed by atoms with van der Waals surface area (Å²) in [5.74, 6) is 0.750. The van der Waals surface area contributed by atoms with Crippen molar-refractivity contribution in [3.63, 3.8) is 0 Å². The normalized spacial score (nSPS) is 13.6. The number of aliphatic hydroxyl groups is 1. The Balaban J connectivity index is 2.68. The highest BCUT2D eigenvalue weighted by molar-refractivity contribution is 5.47. The third kappa shape index (κ3) is 4.84. The summed E-state index contributed by atoms with van der Waals surface area (Å²) in [5.41, 5.74) is 1.54. The fourth-order valence-electron chi connectivity index (χ4n) is 2.06. The molecule has 4 heteroatoms. The molecule has 1 aromatic rings. The van der Waals surface area contributed by atoms with E-state index in [0.717, 1.165) is 29.8 Å². The van der Waals surface area contributed by atoms with E-state index in [1.54, 1.807) is 19.1 Å². The van der Waals surface area contributed by atoms with Gasteiger partial charge in [-0.15, -0.1) is 0 Å². The molecular formula is C16H24N2O2. The molecule has 0 aliphatic carbocycles. The molecule has 0 amide bonds. The van der Waals surface area contributed by atoms with Crippen LogP contribution in [-0.2, 0) is 0 Å². The van der Waals surface area contributed by atoms with Crippen LogP contribution in [0, 0.1) is 25.2 Å². The molecule has 1 aromatic carbocycles. The van der Waals surface area contributed by atoms with Crippen LogP contribution in [0.25, 0.3) is 0 Å². The molecule has 110 valence electrons. The summed E-state index contributed by atoms with van der Waals surface area (Å²) >= 11 is 0. The molecule has 0 bridgehead atoms. The predicted molar refractivity (Wildman–Crippen MR) is 79.9 cm³/mol. The van der Waals surface area contributed by atoms with E-state index in [9.17, 15) is 5.11 Å². The van der Waals surface area contributed by atoms with E-state index < -0.39 is 5.60 Å². The van der Waals surface area contributed by atoms with E-state index in [-0.39, 0.29) is 6.61 Å². The number of aryl methyl sites for hydroxylation is 2. The lowest BCUT2D eigenvalue weighted by Crippen LogP contribution is -2.43. The predicted octanol–water partition coefficient (Wildman–Crippen LogP) is 2.30. The van der Waals surface area contributed by atoms with Crippen molar-refractivity contribution >= 4 is 0 Å². The standard InChI is InChI=1S/C16H24N2O2/c1-5-6-18-10-16(4,19)11-20-15-12(2)7-14(9-17)8-13(15)3/h7-8,18-19H,5-6,10-11H2,1-4H3. The van der Waals surface area contributed by atoms with E-state index >= 15 is 0 Å². The lowest BCUT2D eigenvalue weighted by Gasteiger charge is -2.25. The van der Waals surface area contributed by atoms with Crippen molar-refractivity contribution in [2.45, 2.75) is 39.7 Å². The van der Waals surface area contributed by atoms with Crippen molar-refractivity contribution in [3.05, 3.63) is 28.8 Å². The number of hydrogen-bond acceptors (Lipinski definition) is 4. The van der Waals surface area contributed by atoms with Crippen LogP contribution in [0.4, 0.5) is 0 Å². The maximum Gasteiger partial charge on any atom is 0.125 e. The highest BCUT2D eigenvalue weighted by Crippen LogP contribution is 2.25. The minimum absolute atomic E-state index is 0.220. The van der Waals surface area contributed by atoms with Crippen molar-refractivity contribution in [1.82, 2.24) is 5.32 Å². The first-order chi connectivity index (χ1) is 9.39. The van der Waals surface area contributed by atoms with Crippen molar-refractivity contribution in [2.24, 2.45) is 0 Å². The molecule has 0 saturated heterocycles. The molecule has 2 N–H and O–H groups in total. The van der Waals surface area contributed by atoms with Crippen molar-refractivity contribution in [2.75, 3.05) is 19.7 Å². The van der Waals surface area contributed by atoms with E-state index in [2.05, 4.69) is 18.3 Å². The molecule has 0 heterocycles. The SMILES string of the molecule is CCCNCC(C)(O)COc1c(C)cc(C#N)cc1C. The summed E-state index contributed by atoms with van der Waals surface area (Å²) in [6.45, 7) is 9.25. The topological polar surface area (TPSA) is 65.3 Å². The van der Waals surface area contributed by atoms with Crippen molar-refractivity contribution in [3.8, 4) is 11.8 Å². The number of rotatable bonds is 7. The van der Waals surface area contributed by atoms with Crippen molar-refractivity contribution in [1.29, 1.82) is 5.26 Å². The molecule has 4 nitrogen and oxygen atoms in total. The van der Waals surface area contributed by atoms with Crippen LogP contribution < -0.4 is 10.1 Å². The summed E-state index contributed by atoms with van der Waals surface area (Å²) < 4.78 is 5.76. The average molecular weight is 276 g/mol. The summed E-state index contributed by atoms with van der Waals surface area (Å²) in [7, 11) is 0.